The number of halogens is 2. The van der Waals surface area contributed by atoms with Gasteiger partial charge in [-0.25, -0.2) is 14.2 Å². The van der Waals surface area contributed by atoms with Crippen LogP contribution in [-0.2, 0) is 4.74 Å². The zero-order valence-corrected chi connectivity index (χ0v) is 9.29. The third-order valence-electron chi connectivity index (χ3n) is 2.99. The summed E-state index contributed by atoms with van der Waals surface area (Å²) in [7, 11) is 0. The van der Waals surface area contributed by atoms with Crippen LogP contribution < -0.4 is 0 Å². The van der Waals surface area contributed by atoms with Gasteiger partial charge < -0.3 is 4.74 Å². The molecule has 1 saturated carbocycles. The van der Waals surface area contributed by atoms with Crippen molar-refractivity contribution in [2.75, 3.05) is 6.61 Å². The molecule has 0 atom stereocenters. The van der Waals surface area contributed by atoms with E-state index in [1.165, 1.54) is 0 Å². The molecule has 2 rings (SSSR count). The molecule has 92 valence electrons. The summed E-state index contributed by atoms with van der Waals surface area (Å²) in [5, 5.41) is 0. The summed E-state index contributed by atoms with van der Waals surface area (Å²) in [5.74, 6) is -2.99. The molecule has 0 unspecified atom stereocenters. The van der Waals surface area contributed by atoms with Gasteiger partial charge in [-0.3, -0.25) is 0 Å². The molecule has 0 radical (unpaired) electrons. The van der Waals surface area contributed by atoms with E-state index in [1.54, 1.807) is 0 Å². The Hall–Kier alpha value is -1.52. The highest BCUT2D eigenvalue weighted by Crippen LogP contribution is 2.25. The first-order valence-electron chi connectivity index (χ1n) is 5.65. The Morgan fingerprint density at radius 3 is 2.82 bits per heavy atom. The predicted octanol–water partition coefficient (Wildman–Crippen LogP) is 2.71. The largest absolute Gasteiger partial charge is 0.462 e. The molecule has 0 aromatic carbocycles. The number of nitrogens with zero attached hydrogens (tertiary/aromatic N) is 1. The van der Waals surface area contributed by atoms with E-state index in [2.05, 4.69) is 4.98 Å². The van der Waals surface area contributed by atoms with Crippen molar-refractivity contribution in [2.24, 2.45) is 5.92 Å². The summed E-state index contributed by atoms with van der Waals surface area (Å²) >= 11 is 0. The SMILES string of the molecule is O=C(OCC1CCCC1)c1ccnc(F)c1F. The zero-order valence-electron chi connectivity index (χ0n) is 9.29. The summed E-state index contributed by atoms with van der Waals surface area (Å²) in [4.78, 5) is 14.6. The molecule has 0 N–H and O–H groups in total. The number of aromatic nitrogens is 1. The molecule has 1 aliphatic rings. The topological polar surface area (TPSA) is 39.2 Å². The molecule has 0 spiro atoms. The van der Waals surface area contributed by atoms with Crippen molar-refractivity contribution >= 4 is 5.97 Å². The van der Waals surface area contributed by atoms with Gasteiger partial charge in [0.2, 0.25) is 5.95 Å². The van der Waals surface area contributed by atoms with Gasteiger partial charge in [0.15, 0.2) is 5.82 Å². The fourth-order valence-corrected chi connectivity index (χ4v) is 2.02. The maximum atomic E-state index is 13.2. The molecule has 0 amide bonds. The van der Waals surface area contributed by atoms with Crippen molar-refractivity contribution < 1.29 is 18.3 Å². The van der Waals surface area contributed by atoms with E-state index < -0.39 is 23.3 Å². The van der Waals surface area contributed by atoms with Crippen LogP contribution >= 0.6 is 0 Å². The monoisotopic (exact) mass is 241 g/mol. The Morgan fingerprint density at radius 2 is 2.12 bits per heavy atom. The molecular weight excluding hydrogens is 228 g/mol. The number of ether oxygens (including phenoxy) is 1. The normalized spacial score (nSPS) is 16.1. The van der Waals surface area contributed by atoms with Crippen LogP contribution in [0.5, 0.6) is 0 Å². The summed E-state index contributed by atoms with van der Waals surface area (Å²) in [6.07, 6.45) is 5.38. The van der Waals surface area contributed by atoms with E-state index in [1.807, 2.05) is 0 Å². The van der Waals surface area contributed by atoms with Gasteiger partial charge in [-0.15, -0.1) is 0 Å². The van der Waals surface area contributed by atoms with Crippen molar-refractivity contribution in [3.05, 3.63) is 29.6 Å². The molecule has 1 fully saturated rings. The van der Waals surface area contributed by atoms with Crippen LogP contribution in [0.3, 0.4) is 0 Å². The van der Waals surface area contributed by atoms with Gasteiger partial charge in [0.1, 0.15) is 5.56 Å². The van der Waals surface area contributed by atoms with E-state index in [-0.39, 0.29) is 6.61 Å². The van der Waals surface area contributed by atoms with Gasteiger partial charge in [-0.1, -0.05) is 12.8 Å². The first kappa shape index (κ1) is 12.0. The Morgan fingerprint density at radius 1 is 1.41 bits per heavy atom. The summed E-state index contributed by atoms with van der Waals surface area (Å²) in [6.45, 7) is 0.280. The van der Waals surface area contributed by atoms with Crippen LogP contribution in [0.1, 0.15) is 36.0 Å². The third-order valence-corrected chi connectivity index (χ3v) is 2.99. The standard InChI is InChI=1S/C12H13F2NO2/c13-10-9(5-6-15-11(10)14)12(16)17-7-8-3-1-2-4-8/h5-6,8H,1-4,7H2. The lowest BCUT2D eigenvalue weighted by Gasteiger charge is -2.10. The smallest absolute Gasteiger partial charge is 0.341 e. The number of carbonyl (C=O) groups excluding carboxylic acids is 1. The molecular formula is C12H13F2NO2. The Bertz CT molecular complexity index is 417. The molecule has 5 heteroatoms. The number of esters is 1. The molecule has 1 aliphatic carbocycles. The average molecular weight is 241 g/mol. The van der Waals surface area contributed by atoms with Gasteiger partial charge in [0.25, 0.3) is 0 Å². The minimum Gasteiger partial charge on any atom is -0.462 e. The summed E-state index contributed by atoms with van der Waals surface area (Å²) in [6, 6.07) is 1.12. The molecule has 1 aromatic heterocycles. The van der Waals surface area contributed by atoms with Crippen LogP contribution in [0.4, 0.5) is 8.78 Å². The van der Waals surface area contributed by atoms with E-state index in [0.717, 1.165) is 37.9 Å². The summed E-state index contributed by atoms with van der Waals surface area (Å²) in [5.41, 5.74) is -0.393. The number of carbonyl (C=O) groups is 1. The second-order valence-corrected chi connectivity index (χ2v) is 4.21. The third kappa shape index (κ3) is 2.78. The number of rotatable bonds is 3. The number of hydrogen-bond acceptors (Lipinski definition) is 3. The van der Waals surface area contributed by atoms with Crippen LogP contribution in [0.2, 0.25) is 0 Å². The minimum atomic E-state index is -1.28. The van der Waals surface area contributed by atoms with Gasteiger partial charge in [-0.2, -0.15) is 4.39 Å². The zero-order chi connectivity index (χ0) is 12.3. The first-order chi connectivity index (χ1) is 8.18. The van der Waals surface area contributed by atoms with Gasteiger partial charge in [0, 0.05) is 6.20 Å². The number of hydrogen-bond donors (Lipinski definition) is 0. The van der Waals surface area contributed by atoms with Crippen molar-refractivity contribution in [2.45, 2.75) is 25.7 Å². The lowest BCUT2D eigenvalue weighted by atomic mass is 10.1. The highest BCUT2D eigenvalue weighted by atomic mass is 19.2. The molecule has 3 nitrogen and oxygen atoms in total. The van der Waals surface area contributed by atoms with Gasteiger partial charge in [-0.05, 0) is 24.8 Å². The second kappa shape index (κ2) is 5.21. The maximum Gasteiger partial charge on any atom is 0.341 e. The molecule has 1 aromatic rings. The quantitative estimate of drug-likeness (QED) is 0.603. The minimum absolute atomic E-state index is 0.280. The average Bonchev–Trinajstić information content (AvgIpc) is 2.82. The lowest BCUT2D eigenvalue weighted by Crippen LogP contribution is -2.14. The maximum absolute atomic E-state index is 13.2. The van der Waals surface area contributed by atoms with Crippen molar-refractivity contribution in [1.29, 1.82) is 0 Å². The Labute approximate surface area is 97.8 Å². The van der Waals surface area contributed by atoms with E-state index in [0.29, 0.717) is 5.92 Å². The van der Waals surface area contributed by atoms with Crippen molar-refractivity contribution in [1.82, 2.24) is 4.98 Å². The Balaban J connectivity index is 1.97. The lowest BCUT2D eigenvalue weighted by molar-refractivity contribution is 0.0435. The first-order valence-corrected chi connectivity index (χ1v) is 5.65. The molecule has 1 heterocycles. The molecule has 17 heavy (non-hydrogen) atoms. The second-order valence-electron chi connectivity index (χ2n) is 4.21. The predicted molar refractivity (Wildman–Crippen MR) is 56.4 cm³/mol. The van der Waals surface area contributed by atoms with E-state index >= 15 is 0 Å². The van der Waals surface area contributed by atoms with E-state index in [4.69, 9.17) is 4.74 Å². The summed E-state index contributed by atoms with van der Waals surface area (Å²) < 4.78 is 31.0. The van der Waals surface area contributed by atoms with Crippen molar-refractivity contribution in [3.63, 3.8) is 0 Å². The van der Waals surface area contributed by atoms with Crippen molar-refractivity contribution in [3.8, 4) is 0 Å². The fraction of sp³-hybridized carbons (Fsp3) is 0.500. The molecule has 0 bridgehead atoms. The van der Waals surface area contributed by atoms with Gasteiger partial charge >= 0.3 is 5.97 Å². The van der Waals surface area contributed by atoms with Crippen LogP contribution in [0, 0.1) is 17.7 Å². The molecule has 0 aliphatic heterocycles. The van der Waals surface area contributed by atoms with Crippen LogP contribution in [-0.4, -0.2) is 17.6 Å². The highest BCUT2D eigenvalue weighted by Gasteiger charge is 2.20. The fourth-order valence-electron chi connectivity index (χ4n) is 2.02. The van der Waals surface area contributed by atoms with Gasteiger partial charge in [0.05, 0.1) is 6.61 Å². The van der Waals surface area contributed by atoms with Crippen LogP contribution in [0.25, 0.3) is 0 Å². The Kier molecular flexibility index (Phi) is 3.66. The molecule has 0 saturated heterocycles. The van der Waals surface area contributed by atoms with Crippen LogP contribution in [0.15, 0.2) is 12.3 Å². The highest BCUT2D eigenvalue weighted by molar-refractivity contribution is 5.89. The van der Waals surface area contributed by atoms with E-state index in [9.17, 15) is 13.6 Å². The number of pyridine rings is 1.